The van der Waals surface area contributed by atoms with Crippen LogP contribution in [0.5, 0.6) is 0 Å². The number of allylic oxidation sites excluding steroid dienone is 2. The Hall–Kier alpha value is -0.870. The predicted molar refractivity (Wildman–Crippen MR) is 115 cm³/mol. The Morgan fingerprint density at radius 1 is 1.17 bits per heavy atom. The summed E-state index contributed by atoms with van der Waals surface area (Å²) in [7, 11) is 1.42. The first-order valence-corrected chi connectivity index (χ1v) is 11.6. The van der Waals surface area contributed by atoms with Gasteiger partial charge in [-0.25, -0.2) is 9.78 Å². The van der Waals surface area contributed by atoms with Gasteiger partial charge in [-0.15, -0.1) is 0 Å². The number of carbonyl (C=O) groups excluding carboxylic acids is 1. The molecule has 0 unspecified atom stereocenters. The zero-order valence-corrected chi connectivity index (χ0v) is 19.7. The highest BCUT2D eigenvalue weighted by Crippen LogP contribution is 2.60. The molecule has 1 aliphatic heterocycles. The van der Waals surface area contributed by atoms with E-state index in [1.54, 1.807) is 11.1 Å². The van der Waals surface area contributed by atoms with E-state index in [4.69, 9.17) is 14.5 Å². The van der Waals surface area contributed by atoms with Crippen molar-refractivity contribution in [1.29, 1.82) is 0 Å². The lowest BCUT2D eigenvalue weighted by atomic mass is 9.50. The summed E-state index contributed by atoms with van der Waals surface area (Å²) in [6.45, 7) is 13.9. The second-order valence-electron chi connectivity index (χ2n) is 11.1. The van der Waals surface area contributed by atoms with Gasteiger partial charge in [0.2, 0.25) is 0 Å². The van der Waals surface area contributed by atoms with Gasteiger partial charge >= 0.3 is 5.97 Å². The van der Waals surface area contributed by atoms with Crippen LogP contribution in [0.3, 0.4) is 0 Å². The topological polar surface area (TPSA) is 44.8 Å². The highest BCUT2D eigenvalue weighted by molar-refractivity contribution is 5.72. The van der Waals surface area contributed by atoms with Gasteiger partial charge in [-0.3, -0.25) is 4.79 Å². The zero-order chi connectivity index (χ0) is 21.4. The number of fused-ring (bicyclic) bond motifs is 1. The van der Waals surface area contributed by atoms with E-state index in [1.165, 1.54) is 39.2 Å². The smallest absolute Gasteiger partial charge is 0.311 e. The molecule has 1 heterocycles. The fourth-order valence-corrected chi connectivity index (χ4v) is 6.63. The van der Waals surface area contributed by atoms with Crippen LogP contribution in [0.2, 0.25) is 0 Å². The molecule has 0 amide bonds. The molecule has 2 aliphatic carbocycles. The highest BCUT2D eigenvalue weighted by atomic mass is 17.2. The summed E-state index contributed by atoms with van der Waals surface area (Å²) >= 11 is 0. The number of esters is 1. The van der Waals surface area contributed by atoms with E-state index < -0.39 is 0 Å². The van der Waals surface area contributed by atoms with Crippen molar-refractivity contribution in [3.63, 3.8) is 0 Å². The third-order valence-electron chi connectivity index (χ3n) is 8.61. The molecular weight excluding hydrogens is 364 g/mol. The minimum atomic E-state index is -0.294. The summed E-state index contributed by atoms with van der Waals surface area (Å²) in [5, 5.41) is 0. The average molecular weight is 407 g/mol. The standard InChI is InChI=1S/C25H42O4/c1-17-9-10-21-23(3,4)13-8-14-25(21,6)19(17)11-15-24(5)16-12-20(28-29-24)18(2)22(26)27-7/h18,20-21H,8-16H2,1-7H3/t18-,20-,21+,24+,25-/m0/s1. The van der Waals surface area contributed by atoms with Gasteiger partial charge in [0.1, 0.15) is 11.7 Å². The lowest BCUT2D eigenvalue weighted by Gasteiger charge is -2.55. The van der Waals surface area contributed by atoms with E-state index in [-0.39, 0.29) is 23.6 Å². The van der Waals surface area contributed by atoms with Crippen molar-refractivity contribution in [1.82, 2.24) is 0 Å². The highest BCUT2D eigenvalue weighted by Gasteiger charge is 2.50. The molecular formula is C25H42O4. The molecule has 1 saturated carbocycles. The molecule has 166 valence electrons. The summed E-state index contributed by atoms with van der Waals surface area (Å²) in [4.78, 5) is 23.4. The normalized spacial score (nSPS) is 38.3. The van der Waals surface area contributed by atoms with E-state index in [2.05, 4.69) is 34.6 Å². The van der Waals surface area contributed by atoms with Crippen molar-refractivity contribution in [3.05, 3.63) is 11.1 Å². The van der Waals surface area contributed by atoms with Crippen LogP contribution in [0.25, 0.3) is 0 Å². The van der Waals surface area contributed by atoms with Gasteiger partial charge < -0.3 is 4.74 Å². The number of hydrogen-bond donors (Lipinski definition) is 0. The van der Waals surface area contributed by atoms with Crippen LogP contribution in [0.1, 0.15) is 99.3 Å². The first-order chi connectivity index (χ1) is 13.5. The lowest BCUT2D eigenvalue weighted by Crippen LogP contribution is -2.46. The molecule has 29 heavy (non-hydrogen) atoms. The second kappa shape index (κ2) is 8.34. The van der Waals surface area contributed by atoms with Gasteiger partial charge in [0.25, 0.3) is 0 Å². The molecule has 3 rings (SSSR count). The van der Waals surface area contributed by atoms with Gasteiger partial charge in [-0.05, 0) is 88.9 Å². The summed E-state index contributed by atoms with van der Waals surface area (Å²) in [6, 6.07) is 0. The predicted octanol–water partition coefficient (Wildman–Crippen LogP) is 6.39. The van der Waals surface area contributed by atoms with Gasteiger partial charge in [0.15, 0.2) is 0 Å². The molecule has 2 fully saturated rings. The fourth-order valence-electron chi connectivity index (χ4n) is 6.63. The fraction of sp³-hybridized carbons (Fsp3) is 0.880. The van der Waals surface area contributed by atoms with E-state index in [1.807, 2.05) is 6.92 Å². The monoisotopic (exact) mass is 406 g/mol. The number of ether oxygens (including phenoxy) is 1. The van der Waals surface area contributed by atoms with Gasteiger partial charge in [-0.2, -0.15) is 0 Å². The molecule has 0 N–H and O–H groups in total. The third kappa shape index (κ3) is 4.44. The Morgan fingerprint density at radius 2 is 1.90 bits per heavy atom. The molecule has 0 radical (unpaired) electrons. The first kappa shape index (κ1) is 22.8. The second-order valence-corrected chi connectivity index (χ2v) is 11.1. The van der Waals surface area contributed by atoms with Gasteiger partial charge in [0.05, 0.1) is 13.0 Å². The SMILES string of the molecule is COC(=O)[C@@H](C)[C@@H]1CC[C@@](C)(CCC2=C(C)CC[C@@H]3C(C)(C)CCC[C@@]23C)OO1. The molecule has 0 aromatic carbocycles. The molecule has 0 spiro atoms. The maximum absolute atomic E-state index is 11.8. The van der Waals surface area contributed by atoms with Crippen LogP contribution in [-0.4, -0.2) is 24.8 Å². The maximum atomic E-state index is 11.8. The molecule has 4 heteroatoms. The summed E-state index contributed by atoms with van der Waals surface area (Å²) in [5.74, 6) is 0.255. The van der Waals surface area contributed by atoms with Crippen LogP contribution in [-0.2, 0) is 19.3 Å². The zero-order valence-electron chi connectivity index (χ0n) is 19.7. The molecule has 4 nitrogen and oxygen atoms in total. The minimum Gasteiger partial charge on any atom is -0.469 e. The third-order valence-corrected chi connectivity index (χ3v) is 8.61. The van der Waals surface area contributed by atoms with Crippen LogP contribution in [0, 0.1) is 22.7 Å². The summed E-state index contributed by atoms with van der Waals surface area (Å²) in [5.41, 5.74) is 3.78. The Bertz CT molecular complexity index is 641. The number of methoxy groups -OCH3 is 1. The van der Waals surface area contributed by atoms with Crippen molar-refractivity contribution >= 4 is 5.97 Å². The van der Waals surface area contributed by atoms with Gasteiger partial charge in [0, 0.05) is 0 Å². The quantitative estimate of drug-likeness (QED) is 0.301. The van der Waals surface area contributed by atoms with E-state index in [0.29, 0.717) is 10.8 Å². The minimum absolute atomic E-state index is 0.216. The largest absolute Gasteiger partial charge is 0.469 e. The molecule has 0 aromatic rings. The molecule has 0 aromatic heterocycles. The summed E-state index contributed by atoms with van der Waals surface area (Å²) in [6.07, 6.45) is 10.2. The maximum Gasteiger partial charge on any atom is 0.311 e. The number of rotatable bonds is 5. The van der Waals surface area contributed by atoms with E-state index in [0.717, 1.165) is 31.6 Å². The van der Waals surface area contributed by atoms with E-state index in [9.17, 15) is 4.79 Å². The van der Waals surface area contributed by atoms with Crippen molar-refractivity contribution in [3.8, 4) is 0 Å². The first-order valence-electron chi connectivity index (χ1n) is 11.6. The van der Waals surface area contributed by atoms with Crippen molar-refractivity contribution in [2.75, 3.05) is 7.11 Å². The lowest BCUT2D eigenvalue weighted by molar-refractivity contribution is -0.411. The van der Waals surface area contributed by atoms with Crippen molar-refractivity contribution in [2.24, 2.45) is 22.7 Å². The molecule has 3 aliphatic rings. The Labute approximate surface area is 177 Å². The summed E-state index contributed by atoms with van der Waals surface area (Å²) < 4.78 is 4.85. The van der Waals surface area contributed by atoms with Crippen molar-refractivity contribution < 1.29 is 19.3 Å². The molecule has 1 saturated heterocycles. The van der Waals surface area contributed by atoms with Crippen LogP contribution >= 0.6 is 0 Å². The van der Waals surface area contributed by atoms with Gasteiger partial charge in [-0.1, -0.05) is 38.3 Å². The van der Waals surface area contributed by atoms with Crippen LogP contribution in [0.15, 0.2) is 11.1 Å². The molecule has 0 bridgehead atoms. The average Bonchev–Trinajstić information content (AvgIpc) is 2.66. The van der Waals surface area contributed by atoms with E-state index >= 15 is 0 Å². The van der Waals surface area contributed by atoms with Crippen LogP contribution in [0.4, 0.5) is 0 Å². The number of hydrogen-bond acceptors (Lipinski definition) is 4. The Balaban J connectivity index is 1.65. The van der Waals surface area contributed by atoms with Crippen molar-refractivity contribution in [2.45, 2.75) is 111 Å². The molecule has 5 atom stereocenters. The number of carbonyl (C=O) groups is 1. The Morgan fingerprint density at radius 3 is 2.52 bits per heavy atom. The Kier molecular flexibility index (Phi) is 6.56. The van der Waals surface area contributed by atoms with Crippen LogP contribution < -0.4 is 0 Å².